The standard InChI is InChI=1S/C15H22O2/c1-9-6-5-7-13(8-9)15(16)14-10(2)11(3)17-12(14)4/h5-8,10-12,14-16H,1-4H3. The maximum Gasteiger partial charge on any atom is 0.0846 e. The van der Waals surface area contributed by atoms with E-state index in [0.29, 0.717) is 5.92 Å². The summed E-state index contributed by atoms with van der Waals surface area (Å²) >= 11 is 0. The summed E-state index contributed by atoms with van der Waals surface area (Å²) in [6, 6.07) is 8.12. The highest BCUT2D eigenvalue weighted by Gasteiger charge is 2.41. The molecular formula is C15H22O2. The van der Waals surface area contributed by atoms with Gasteiger partial charge in [0.25, 0.3) is 0 Å². The van der Waals surface area contributed by atoms with Crippen LogP contribution in [0.1, 0.15) is 38.0 Å². The average Bonchev–Trinajstić information content (AvgIpc) is 2.52. The molecule has 0 aromatic heterocycles. The van der Waals surface area contributed by atoms with Crippen molar-refractivity contribution < 1.29 is 9.84 Å². The lowest BCUT2D eigenvalue weighted by molar-refractivity contribution is 0.0231. The highest BCUT2D eigenvalue weighted by atomic mass is 16.5. The van der Waals surface area contributed by atoms with Crippen molar-refractivity contribution in [2.24, 2.45) is 11.8 Å². The van der Waals surface area contributed by atoms with Gasteiger partial charge in [-0.1, -0.05) is 36.8 Å². The van der Waals surface area contributed by atoms with Crippen LogP contribution in [0.4, 0.5) is 0 Å². The van der Waals surface area contributed by atoms with E-state index in [-0.39, 0.29) is 18.1 Å². The first-order valence-electron chi connectivity index (χ1n) is 6.41. The van der Waals surface area contributed by atoms with Gasteiger partial charge in [-0.25, -0.2) is 0 Å². The van der Waals surface area contributed by atoms with E-state index in [4.69, 9.17) is 4.74 Å². The fourth-order valence-corrected chi connectivity index (χ4v) is 2.91. The van der Waals surface area contributed by atoms with Crippen molar-refractivity contribution in [3.05, 3.63) is 35.4 Å². The van der Waals surface area contributed by atoms with E-state index < -0.39 is 6.10 Å². The largest absolute Gasteiger partial charge is 0.388 e. The smallest absolute Gasteiger partial charge is 0.0846 e. The van der Waals surface area contributed by atoms with Crippen molar-refractivity contribution >= 4 is 0 Å². The lowest BCUT2D eigenvalue weighted by Gasteiger charge is -2.25. The minimum Gasteiger partial charge on any atom is -0.388 e. The second-order valence-electron chi connectivity index (χ2n) is 5.34. The van der Waals surface area contributed by atoms with Crippen LogP contribution >= 0.6 is 0 Å². The zero-order chi connectivity index (χ0) is 12.6. The van der Waals surface area contributed by atoms with Crippen LogP contribution in [-0.2, 0) is 4.74 Å². The Balaban J connectivity index is 2.22. The van der Waals surface area contributed by atoms with Crippen LogP contribution in [0.25, 0.3) is 0 Å². The molecule has 0 spiro atoms. The molecule has 0 amide bonds. The summed E-state index contributed by atoms with van der Waals surface area (Å²) in [5.41, 5.74) is 2.19. The van der Waals surface area contributed by atoms with Crippen LogP contribution < -0.4 is 0 Å². The quantitative estimate of drug-likeness (QED) is 0.852. The molecule has 0 saturated carbocycles. The maximum atomic E-state index is 10.5. The summed E-state index contributed by atoms with van der Waals surface area (Å²) in [6.45, 7) is 8.36. The van der Waals surface area contributed by atoms with Crippen molar-refractivity contribution in [3.8, 4) is 0 Å². The number of aliphatic hydroxyl groups is 1. The Morgan fingerprint density at radius 1 is 1.18 bits per heavy atom. The van der Waals surface area contributed by atoms with Gasteiger partial charge in [0.15, 0.2) is 0 Å². The molecule has 1 aliphatic rings. The number of benzene rings is 1. The van der Waals surface area contributed by atoms with Crippen molar-refractivity contribution in [1.29, 1.82) is 0 Å². The zero-order valence-corrected chi connectivity index (χ0v) is 11.1. The molecule has 1 aromatic rings. The van der Waals surface area contributed by atoms with Gasteiger partial charge in [-0.15, -0.1) is 0 Å². The van der Waals surface area contributed by atoms with Gasteiger partial charge in [-0.2, -0.15) is 0 Å². The fraction of sp³-hybridized carbons (Fsp3) is 0.600. The van der Waals surface area contributed by atoms with Gasteiger partial charge in [0.05, 0.1) is 18.3 Å². The van der Waals surface area contributed by atoms with Crippen molar-refractivity contribution in [2.45, 2.75) is 46.0 Å². The molecule has 0 bridgehead atoms. The second-order valence-corrected chi connectivity index (χ2v) is 5.34. The molecule has 0 radical (unpaired) electrons. The van der Waals surface area contributed by atoms with E-state index in [1.54, 1.807) is 0 Å². The van der Waals surface area contributed by atoms with Crippen molar-refractivity contribution in [3.63, 3.8) is 0 Å². The topological polar surface area (TPSA) is 29.5 Å². The van der Waals surface area contributed by atoms with Crippen LogP contribution in [-0.4, -0.2) is 17.3 Å². The monoisotopic (exact) mass is 234 g/mol. The van der Waals surface area contributed by atoms with Gasteiger partial charge >= 0.3 is 0 Å². The average molecular weight is 234 g/mol. The molecule has 5 atom stereocenters. The summed E-state index contributed by atoms with van der Waals surface area (Å²) in [5.74, 6) is 0.576. The van der Waals surface area contributed by atoms with Gasteiger partial charge in [-0.3, -0.25) is 0 Å². The normalized spacial score (nSPS) is 34.9. The lowest BCUT2D eigenvalue weighted by Crippen LogP contribution is -2.25. The first-order chi connectivity index (χ1) is 8.00. The lowest BCUT2D eigenvalue weighted by atomic mass is 9.82. The van der Waals surface area contributed by atoms with Crippen LogP contribution in [0.3, 0.4) is 0 Å². The molecule has 5 unspecified atom stereocenters. The number of ether oxygens (including phenoxy) is 1. The van der Waals surface area contributed by atoms with E-state index in [2.05, 4.69) is 39.8 Å². The Kier molecular flexibility index (Phi) is 3.55. The van der Waals surface area contributed by atoms with Crippen LogP contribution in [0.2, 0.25) is 0 Å². The summed E-state index contributed by atoms with van der Waals surface area (Å²) in [4.78, 5) is 0. The number of rotatable bonds is 2. The van der Waals surface area contributed by atoms with E-state index in [0.717, 1.165) is 5.56 Å². The summed E-state index contributed by atoms with van der Waals surface area (Å²) < 4.78 is 5.80. The maximum absolute atomic E-state index is 10.5. The molecule has 1 N–H and O–H groups in total. The molecule has 17 heavy (non-hydrogen) atoms. The van der Waals surface area contributed by atoms with Gasteiger partial charge < -0.3 is 9.84 Å². The minimum atomic E-state index is -0.426. The van der Waals surface area contributed by atoms with Gasteiger partial charge in [0.2, 0.25) is 0 Å². The molecule has 1 aliphatic heterocycles. The van der Waals surface area contributed by atoms with Gasteiger partial charge in [-0.05, 0) is 32.3 Å². The first-order valence-corrected chi connectivity index (χ1v) is 6.41. The highest BCUT2D eigenvalue weighted by Crippen LogP contribution is 2.40. The molecule has 2 heteroatoms. The number of hydrogen-bond donors (Lipinski definition) is 1. The predicted octanol–water partition coefficient (Wildman–Crippen LogP) is 3.09. The van der Waals surface area contributed by atoms with Crippen LogP contribution in [0, 0.1) is 18.8 Å². The molecule has 2 nitrogen and oxygen atoms in total. The molecule has 0 aliphatic carbocycles. The summed E-state index contributed by atoms with van der Waals surface area (Å²) in [5, 5.41) is 10.5. The SMILES string of the molecule is Cc1cccc(C(O)C2C(C)OC(C)C2C)c1. The summed E-state index contributed by atoms with van der Waals surface area (Å²) in [7, 11) is 0. The molecule has 1 heterocycles. The molecule has 1 fully saturated rings. The van der Waals surface area contributed by atoms with E-state index in [9.17, 15) is 5.11 Å². The minimum absolute atomic E-state index is 0.121. The third-order valence-electron chi connectivity index (χ3n) is 4.07. The Hall–Kier alpha value is -0.860. The Bertz CT molecular complexity index is 388. The van der Waals surface area contributed by atoms with Crippen LogP contribution in [0.5, 0.6) is 0 Å². The van der Waals surface area contributed by atoms with Gasteiger partial charge in [0, 0.05) is 5.92 Å². The molecule has 94 valence electrons. The molecule has 2 rings (SSSR count). The zero-order valence-electron chi connectivity index (χ0n) is 11.1. The Morgan fingerprint density at radius 2 is 1.88 bits per heavy atom. The van der Waals surface area contributed by atoms with Gasteiger partial charge in [0.1, 0.15) is 0 Å². The Morgan fingerprint density at radius 3 is 2.41 bits per heavy atom. The number of aryl methyl sites for hydroxylation is 1. The number of hydrogen-bond acceptors (Lipinski definition) is 2. The van der Waals surface area contributed by atoms with Crippen LogP contribution in [0.15, 0.2) is 24.3 Å². The van der Waals surface area contributed by atoms with E-state index in [1.807, 2.05) is 12.1 Å². The molecular weight excluding hydrogens is 212 g/mol. The Labute approximate surface area is 104 Å². The number of aliphatic hydroxyl groups excluding tert-OH is 1. The molecule has 1 aromatic carbocycles. The fourth-order valence-electron chi connectivity index (χ4n) is 2.91. The predicted molar refractivity (Wildman–Crippen MR) is 68.8 cm³/mol. The second kappa shape index (κ2) is 4.79. The third-order valence-corrected chi connectivity index (χ3v) is 4.07. The summed E-state index contributed by atoms with van der Waals surface area (Å²) in [6.07, 6.45) is -0.0742. The third kappa shape index (κ3) is 2.38. The van der Waals surface area contributed by atoms with E-state index >= 15 is 0 Å². The first kappa shape index (κ1) is 12.6. The van der Waals surface area contributed by atoms with Crippen molar-refractivity contribution in [2.75, 3.05) is 0 Å². The van der Waals surface area contributed by atoms with E-state index in [1.165, 1.54) is 5.56 Å². The van der Waals surface area contributed by atoms with Crippen molar-refractivity contribution in [1.82, 2.24) is 0 Å². The highest BCUT2D eigenvalue weighted by molar-refractivity contribution is 5.25. The molecule has 1 saturated heterocycles.